The van der Waals surface area contributed by atoms with Crippen LogP contribution >= 0.6 is 23.1 Å². The Labute approximate surface area is 174 Å². The molecule has 0 radical (unpaired) electrons. The summed E-state index contributed by atoms with van der Waals surface area (Å²) in [5.74, 6) is 1.31. The molecule has 1 aromatic carbocycles. The van der Waals surface area contributed by atoms with Gasteiger partial charge in [-0.25, -0.2) is 0 Å². The zero-order valence-electron chi connectivity index (χ0n) is 15.4. The van der Waals surface area contributed by atoms with Crippen LogP contribution < -0.4 is 0 Å². The number of hydrogen-bond donors (Lipinski definition) is 0. The molecule has 0 aliphatic carbocycles. The number of thiophene rings is 1. The Morgan fingerprint density at radius 1 is 1.10 bits per heavy atom. The average molecular weight is 441 g/mol. The molecule has 0 saturated carbocycles. The predicted octanol–water partition coefficient (Wildman–Crippen LogP) is 4.44. The smallest absolute Gasteiger partial charge is 0.379 e. The van der Waals surface area contributed by atoms with Crippen molar-refractivity contribution in [2.45, 2.75) is 11.3 Å². The molecule has 5 nitrogen and oxygen atoms in total. The fourth-order valence-electron chi connectivity index (χ4n) is 3.07. The van der Waals surface area contributed by atoms with Crippen molar-refractivity contribution in [3.63, 3.8) is 0 Å². The van der Waals surface area contributed by atoms with Crippen molar-refractivity contribution in [2.75, 3.05) is 38.6 Å². The molecule has 3 heterocycles. The van der Waals surface area contributed by atoms with Crippen molar-refractivity contribution in [2.24, 2.45) is 0 Å². The van der Waals surface area contributed by atoms with Crippen LogP contribution in [0.1, 0.15) is 5.56 Å². The van der Waals surface area contributed by atoms with Crippen molar-refractivity contribution in [1.29, 1.82) is 0 Å². The summed E-state index contributed by atoms with van der Waals surface area (Å²) < 4.78 is 46.8. The third-order valence-corrected chi connectivity index (χ3v) is 6.32. The largest absolute Gasteiger partial charge is 0.416 e. The summed E-state index contributed by atoms with van der Waals surface area (Å²) in [5.41, 5.74) is -0.285. The Kier molecular flexibility index (Phi) is 6.23. The molecule has 2 aromatic heterocycles. The lowest BCUT2D eigenvalue weighted by atomic mass is 10.2. The second kappa shape index (κ2) is 8.86. The number of ether oxygens (including phenoxy) is 1. The van der Waals surface area contributed by atoms with Gasteiger partial charge < -0.3 is 4.74 Å². The maximum absolute atomic E-state index is 13.2. The number of morpholine rings is 1. The topological polar surface area (TPSA) is 43.2 Å². The summed E-state index contributed by atoms with van der Waals surface area (Å²) in [5, 5.41) is 11.1. The van der Waals surface area contributed by atoms with Gasteiger partial charge in [0.25, 0.3) is 0 Å². The Bertz CT molecular complexity index is 937. The van der Waals surface area contributed by atoms with Crippen LogP contribution in [0.25, 0.3) is 16.4 Å². The van der Waals surface area contributed by atoms with Crippen LogP contribution in [0.5, 0.6) is 0 Å². The Balaban J connectivity index is 1.62. The molecule has 0 amide bonds. The molecule has 10 heteroatoms. The molecule has 0 N–H and O–H groups in total. The van der Waals surface area contributed by atoms with Crippen molar-refractivity contribution >= 4 is 23.1 Å². The molecule has 154 valence electrons. The summed E-state index contributed by atoms with van der Waals surface area (Å²) in [6, 6.07) is 9.06. The Morgan fingerprint density at radius 2 is 1.93 bits per heavy atom. The summed E-state index contributed by atoms with van der Waals surface area (Å²) in [6.45, 7) is 4.10. The van der Waals surface area contributed by atoms with Crippen LogP contribution in [-0.4, -0.2) is 58.3 Å². The van der Waals surface area contributed by atoms with Gasteiger partial charge in [0.1, 0.15) is 0 Å². The zero-order valence-corrected chi connectivity index (χ0v) is 17.1. The van der Waals surface area contributed by atoms with Gasteiger partial charge in [-0.15, -0.1) is 21.5 Å². The van der Waals surface area contributed by atoms with Crippen LogP contribution in [-0.2, 0) is 10.9 Å². The van der Waals surface area contributed by atoms with E-state index in [1.165, 1.54) is 29.2 Å². The molecular formula is C19H19F3N4OS2. The van der Waals surface area contributed by atoms with E-state index in [1.807, 2.05) is 17.5 Å². The van der Waals surface area contributed by atoms with E-state index in [9.17, 15) is 13.2 Å². The van der Waals surface area contributed by atoms with E-state index < -0.39 is 11.7 Å². The van der Waals surface area contributed by atoms with Gasteiger partial charge in [-0.2, -0.15) is 13.2 Å². The molecule has 0 unspecified atom stereocenters. The highest BCUT2D eigenvalue weighted by atomic mass is 32.2. The predicted molar refractivity (Wildman–Crippen MR) is 108 cm³/mol. The number of alkyl halides is 3. The summed E-state index contributed by atoms with van der Waals surface area (Å²) >= 11 is 2.97. The number of benzene rings is 1. The number of thioether (sulfide) groups is 1. The average Bonchev–Trinajstić information content (AvgIpc) is 3.38. The molecule has 1 fully saturated rings. The summed E-state index contributed by atoms with van der Waals surface area (Å²) in [4.78, 5) is 3.16. The van der Waals surface area contributed by atoms with Gasteiger partial charge in [0, 0.05) is 25.4 Å². The molecule has 1 aliphatic rings. The van der Waals surface area contributed by atoms with E-state index in [2.05, 4.69) is 15.1 Å². The van der Waals surface area contributed by atoms with Gasteiger partial charge in [0.2, 0.25) is 0 Å². The van der Waals surface area contributed by atoms with Gasteiger partial charge in [-0.1, -0.05) is 23.9 Å². The maximum atomic E-state index is 13.2. The minimum absolute atomic E-state index is 0.405. The first-order chi connectivity index (χ1) is 14.0. The van der Waals surface area contributed by atoms with Crippen molar-refractivity contribution in [3.8, 4) is 16.4 Å². The van der Waals surface area contributed by atoms with E-state index in [4.69, 9.17) is 4.74 Å². The van der Waals surface area contributed by atoms with Crippen molar-refractivity contribution in [1.82, 2.24) is 19.7 Å². The standard InChI is InChI=1S/C19H19F3N4OS2/c20-19(21,22)14-3-1-4-15(13-14)26-17(16-5-2-11-28-16)23-24-18(26)29-12-8-25-6-9-27-10-7-25/h1-5,11,13H,6-10,12H2. The third-order valence-electron chi connectivity index (χ3n) is 4.55. The highest BCUT2D eigenvalue weighted by Crippen LogP contribution is 2.34. The van der Waals surface area contributed by atoms with E-state index >= 15 is 0 Å². The lowest BCUT2D eigenvalue weighted by Crippen LogP contribution is -2.37. The maximum Gasteiger partial charge on any atom is 0.416 e. The molecule has 0 atom stereocenters. The number of nitrogens with zero attached hydrogens (tertiary/aromatic N) is 4. The van der Waals surface area contributed by atoms with E-state index in [0.29, 0.717) is 16.7 Å². The second-order valence-corrected chi connectivity index (χ2v) is 8.48. The quantitative estimate of drug-likeness (QED) is 0.531. The van der Waals surface area contributed by atoms with E-state index in [0.717, 1.165) is 55.6 Å². The number of hydrogen-bond acceptors (Lipinski definition) is 6. The highest BCUT2D eigenvalue weighted by molar-refractivity contribution is 7.99. The summed E-state index contributed by atoms with van der Waals surface area (Å²) in [7, 11) is 0. The van der Waals surface area contributed by atoms with Crippen LogP contribution in [0.2, 0.25) is 0 Å². The molecule has 0 spiro atoms. The second-order valence-electron chi connectivity index (χ2n) is 6.47. The molecule has 1 saturated heterocycles. The van der Waals surface area contributed by atoms with E-state index in [1.54, 1.807) is 10.6 Å². The SMILES string of the molecule is FC(F)(F)c1cccc(-n2c(SCCN3CCOCC3)nnc2-c2cccs2)c1. The first-order valence-electron chi connectivity index (χ1n) is 9.12. The molecular weight excluding hydrogens is 421 g/mol. The molecule has 1 aliphatic heterocycles. The van der Waals surface area contributed by atoms with Crippen LogP contribution in [0.3, 0.4) is 0 Å². The first kappa shape index (κ1) is 20.4. The minimum atomic E-state index is -4.41. The van der Waals surface area contributed by atoms with Crippen LogP contribution in [0.4, 0.5) is 13.2 Å². The fraction of sp³-hybridized carbons (Fsp3) is 0.368. The number of halogens is 3. The highest BCUT2D eigenvalue weighted by Gasteiger charge is 2.31. The Hall–Kier alpha value is -1.88. The first-order valence-corrected chi connectivity index (χ1v) is 11.0. The van der Waals surface area contributed by atoms with Crippen LogP contribution in [0.15, 0.2) is 46.9 Å². The van der Waals surface area contributed by atoms with Gasteiger partial charge in [-0.3, -0.25) is 9.47 Å². The zero-order chi connectivity index (χ0) is 20.3. The normalized spacial score (nSPS) is 15.7. The van der Waals surface area contributed by atoms with Gasteiger partial charge in [-0.05, 0) is 29.6 Å². The van der Waals surface area contributed by atoms with E-state index in [-0.39, 0.29) is 0 Å². The summed E-state index contributed by atoms with van der Waals surface area (Å²) in [6.07, 6.45) is -4.41. The number of aromatic nitrogens is 3. The molecule has 3 aromatic rings. The van der Waals surface area contributed by atoms with Gasteiger partial charge >= 0.3 is 6.18 Å². The van der Waals surface area contributed by atoms with Crippen LogP contribution in [0, 0.1) is 0 Å². The Morgan fingerprint density at radius 3 is 2.66 bits per heavy atom. The molecule has 4 rings (SSSR count). The minimum Gasteiger partial charge on any atom is -0.379 e. The lowest BCUT2D eigenvalue weighted by molar-refractivity contribution is -0.137. The number of rotatable bonds is 6. The third kappa shape index (κ3) is 4.82. The lowest BCUT2D eigenvalue weighted by Gasteiger charge is -2.26. The van der Waals surface area contributed by atoms with Gasteiger partial charge in [0.15, 0.2) is 11.0 Å². The monoisotopic (exact) mass is 440 g/mol. The fourth-order valence-corrected chi connectivity index (χ4v) is 4.72. The molecule has 29 heavy (non-hydrogen) atoms. The molecule has 0 bridgehead atoms. The van der Waals surface area contributed by atoms with Gasteiger partial charge in [0.05, 0.1) is 29.3 Å². The van der Waals surface area contributed by atoms with Crippen molar-refractivity contribution < 1.29 is 17.9 Å². The van der Waals surface area contributed by atoms with Crippen molar-refractivity contribution in [3.05, 3.63) is 47.3 Å².